The van der Waals surface area contributed by atoms with Crippen LogP contribution in [-0.2, 0) is 4.79 Å². The number of hydrogen-bond donors (Lipinski definition) is 1. The number of rotatable bonds is 4. The fourth-order valence-corrected chi connectivity index (χ4v) is 4.45. The van der Waals surface area contributed by atoms with Crippen molar-refractivity contribution in [2.24, 2.45) is 0 Å². The number of hydrogen-bond acceptors (Lipinski definition) is 5. The monoisotopic (exact) mass is 474 g/mol. The minimum absolute atomic E-state index is 0.0264. The van der Waals surface area contributed by atoms with E-state index in [1.165, 1.54) is 17.4 Å². The molecule has 1 N–H and O–H groups in total. The second kappa shape index (κ2) is 9.36. The van der Waals surface area contributed by atoms with Crippen molar-refractivity contribution in [3.05, 3.63) is 63.6 Å². The molecule has 9 heteroatoms. The molecule has 1 aliphatic rings. The first-order valence-electron chi connectivity index (χ1n) is 9.71. The van der Waals surface area contributed by atoms with E-state index in [0.29, 0.717) is 20.7 Å². The van der Waals surface area contributed by atoms with Crippen molar-refractivity contribution in [1.29, 1.82) is 0 Å². The van der Waals surface area contributed by atoms with Crippen LogP contribution in [0.5, 0.6) is 0 Å². The van der Waals surface area contributed by atoms with Crippen LogP contribution in [0.3, 0.4) is 0 Å². The number of anilines is 1. The van der Waals surface area contributed by atoms with Crippen molar-refractivity contribution in [2.45, 2.75) is 0 Å². The van der Waals surface area contributed by atoms with Gasteiger partial charge in [-0.1, -0.05) is 40.6 Å². The second-order valence-electron chi connectivity index (χ2n) is 7.29. The first-order chi connectivity index (χ1) is 14.9. The van der Waals surface area contributed by atoms with Gasteiger partial charge in [0.2, 0.25) is 5.91 Å². The van der Waals surface area contributed by atoms with Gasteiger partial charge in [0.1, 0.15) is 0 Å². The van der Waals surface area contributed by atoms with Gasteiger partial charge in [0.05, 0.1) is 20.3 Å². The first-order valence-corrected chi connectivity index (χ1v) is 11.3. The van der Waals surface area contributed by atoms with Gasteiger partial charge in [-0.2, -0.15) is 0 Å². The zero-order valence-corrected chi connectivity index (χ0v) is 19.1. The molecule has 0 radical (unpaired) electrons. The minimum Gasteiger partial charge on any atom is -0.336 e. The van der Waals surface area contributed by atoms with Gasteiger partial charge in [0.25, 0.3) is 5.91 Å². The lowest BCUT2D eigenvalue weighted by molar-refractivity contribution is -0.111. The number of nitrogens with zero attached hydrogens (tertiary/aromatic N) is 3. The van der Waals surface area contributed by atoms with Crippen LogP contribution in [0.1, 0.15) is 15.9 Å². The van der Waals surface area contributed by atoms with Crippen LogP contribution in [0.2, 0.25) is 10.0 Å². The summed E-state index contributed by atoms with van der Waals surface area (Å²) in [6, 6.07) is 10.6. The Bertz CT molecular complexity index is 1170. The molecule has 0 unspecified atom stereocenters. The second-order valence-corrected chi connectivity index (χ2v) is 9.14. The maximum atomic E-state index is 12.8. The van der Waals surface area contributed by atoms with E-state index >= 15 is 0 Å². The number of fused-ring (bicyclic) bond motifs is 1. The topological polar surface area (TPSA) is 65.5 Å². The first kappa shape index (κ1) is 21.8. The standard InChI is InChI=1S/C22H20Cl2N4O2S/c1-27-8-10-28(11-9-27)21(30)15-4-6-18-19(13-15)31-22(25-18)26-20(29)7-3-14-2-5-16(23)17(24)12-14/h2-7,12-13H,8-11H2,1H3,(H,25,26,29)/b7-3+. The molecule has 0 saturated carbocycles. The van der Waals surface area contributed by atoms with Gasteiger partial charge < -0.3 is 9.80 Å². The highest BCUT2D eigenvalue weighted by atomic mass is 35.5. The van der Waals surface area contributed by atoms with Gasteiger partial charge in [0.15, 0.2) is 5.13 Å². The van der Waals surface area contributed by atoms with Gasteiger partial charge >= 0.3 is 0 Å². The predicted octanol–water partition coefficient (Wildman–Crippen LogP) is 4.64. The minimum atomic E-state index is -0.307. The molecule has 2 aromatic carbocycles. The number of carbonyl (C=O) groups excluding carboxylic acids is 2. The van der Waals surface area contributed by atoms with E-state index in [4.69, 9.17) is 23.2 Å². The number of carbonyl (C=O) groups is 2. The Labute approximate surface area is 194 Å². The molecule has 0 atom stereocenters. The molecule has 31 heavy (non-hydrogen) atoms. The van der Waals surface area contributed by atoms with Crippen molar-refractivity contribution in [2.75, 3.05) is 38.5 Å². The van der Waals surface area contributed by atoms with Gasteiger partial charge in [-0.25, -0.2) is 4.98 Å². The average molecular weight is 475 g/mol. The van der Waals surface area contributed by atoms with E-state index in [-0.39, 0.29) is 11.8 Å². The van der Waals surface area contributed by atoms with Gasteiger partial charge in [0, 0.05) is 37.8 Å². The number of piperazine rings is 1. The largest absolute Gasteiger partial charge is 0.336 e. The van der Waals surface area contributed by atoms with Gasteiger partial charge in [-0.3, -0.25) is 14.9 Å². The third-order valence-corrected chi connectivity index (χ3v) is 6.70. The lowest BCUT2D eigenvalue weighted by Crippen LogP contribution is -2.47. The summed E-state index contributed by atoms with van der Waals surface area (Å²) in [5, 5.41) is 4.13. The summed E-state index contributed by atoms with van der Waals surface area (Å²) in [6.45, 7) is 3.20. The highest BCUT2D eigenvalue weighted by Crippen LogP contribution is 2.28. The van der Waals surface area contributed by atoms with Crippen LogP contribution in [0, 0.1) is 0 Å². The maximum Gasteiger partial charge on any atom is 0.253 e. The molecular formula is C22H20Cl2N4O2S. The summed E-state index contributed by atoms with van der Waals surface area (Å²) in [5.74, 6) is -0.280. The van der Waals surface area contributed by atoms with Gasteiger partial charge in [-0.15, -0.1) is 0 Å². The Morgan fingerprint density at radius 3 is 2.58 bits per heavy atom. The lowest BCUT2D eigenvalue weighted by Gasteiger charge is -2.32. The van der Waals surface area contributed by atoms with Crippen molar-refractivity contribution >= 4 is 67.8 Å². The summed E-state index contributed by atoms with van der Waals surface area (Å²) in [4.78, 5) is 33.6. The maximum absolute atomic E-state index is 12.8. The Morgan fingerprint density at radius 1 is 1.06 bits per heavy atom. The molecule has 1 aliphatic heterocycles. The van der Waals surface area contributed by atoms with Crippen molar-refractivity contribution in [3.8, 4) is 0 Å². The van der Waals surface area contributed by atoms with Crippen LogP contribution in [-0.4, -0.2) is 59.8 Å². The third kappa shape index (κ3) is 5.25. The Hall–Kier alpha value is -2.45. The highest BCUT2D eigenvalue weighted by Gasteiger charge is 2.21. The zero-order chi connectivity index (χ0) is 22.0. The number of likely N-dealkylation sites (N-methyl/N-ethyl adjacent to an activating group) is 1. The lowest BCUT2D eigenvalue weighted by atomic mass is 10.1. The SMILES string of the molecule is CN1CCN(C(=O)c2ccc3nc(NC(=O)/C=C/c4ccc(Cl)c(Cl)c4)sc3c2)CC1. The quantitative estimate of drug-likeness (QED) is 0.559. The molecule has 1 fully saturated rings. The predicted molar refractivity (Wildman–Crippen MR) is 127 cm³/mol. The fraction of sp³-hybridized carbons (Fsp3) is 0.227. The molecular weight excluding hydrogens is 455 g/mol. The normalized spacial score (nSPS) is 15.0. The van der Waals surface area contributed by atoms with Crippen LogP contribution >= 0.6 is 34.5 Å². The number of aromatic nitrogens is 1. The molecule has 6 nitrogen and oxygen atoms in total. The molecule has 2 amide bonds. The van der Waals surface area contributed by atoms with E-state index < -0.39 is 0 Å². The number of nitrogens with one attached hydrogen (secondary N) is 1. The number of benzene rings is 2. The molecule has 3 aromatic rings. The molecule has 2 heterocycles. The van der Waals surface area contributed by atoms with Crippen molar-refractivity contribution < 1.29 is 9.59 Å². The molecule has 0 aliphatic carbocycles. The Balaban J connectivity index is 1.44. The molecule has 0 spiro atoms. The smallest absolute Gasteiger partial charge is 0.253 e. The molecule has 4 rings (SSSR count). The van der Waals surface area contributed by atoms with Crippen LogP contribution in [0.15, 0.2) is 42.5 Å². The summed E-state index contributed by atoms with van der Waals surface area (Å²) in [7, 11) is 2.06. The summed E-state index contributed by atoms with van der Waals surface area (Å²) in [6.07, 6.45) is 3.06. The van der Waals surface area contributed by atoms with Crippen molar-refractivity contribution in [1.82, 2.24) is 14.8 Å². The Kier molecular flexibility index (Phi) is 6.57. The van der Waals surface area contributed by atoms with E-state index in [2.05, 4.69) is 22.2 Å². The summed E-state index contributed by atoms with van der Waals surface area (Å²) >= 11 is 13.2. The number of thiazole rings is 1. The van der Waals surface area contributed by atoms with Crippen molar-refractivity contribution in [3.63, 3.8) is 0 Å². The van der Waals surface area contributed by atoms with E-state index in [1.807, 2.05) is 17.0 Å². The fourth-order valence-electron chi connectivity index (χ4n) is 3.24. The Morgan fingerprint density at radius 2 is 1.84 bits per heavy atom. The average Bonchev–Trinajstić information content (AvgIpc) is 3.16. The van der Waals surface area contributed by atoms with Gasteiger partial charge in [-0.05, 0) is 49.0 Å². The summed E-state index contributed by atoms with van der Waals surface area (Å²) in [5.41, 5.74) is 2.14. The zero-order valence-electron chi connectivity index (χ0n) is 16.8. The highest BCUT2D eigenvalue weighted by molar-refractivity contribution is 7.22. The van der Waals surface area contributed by atoms with Crippen LogP contribution in [0.4, 0.5) is 5.13 Å². The van der Waals surface area contributed by atoms with Crippen LogP contribution in [0.25, 0.3) is 16.3 Å². The summed E-state index contributed by atoms with van der Waals surface area (Å²) < 4.78 is 0.851. The molecule has 1 aromatic heterocycles. The molecule has 0 bridgehead atoms. The molecule has 160 valence electrons. The van der Waals surface area contributed by atoms with E-state index in [0.717, 1.165) is 42.0 Å². The number of halogens is 2. The van der Waals surface area contributed by atoms with E-state index in [1.54, 1.807) is 30.3 Å². The van der Waals surface area contributed by atoms with E-state index in [9.17, 15) is 9.59 Å². The number of amides is 2. The third-order valence-electron chi connectivity index (χ3n) is 5.03. The van der Waals surface area contributed by atoms with Crippen LogP contribution < -0.4 is 5.32 Å². The molecule has 1 saturated heterocycles.